The van der Waals surface area contributed by atoms with Crippen LogP contribution < -0.4 is 4.90 Å². The van der Waals surface area contributed by atoms with Crippen LogP contribution >= 0.6 is 0 Å². The van der Waals surface area contributed by atoms with Crippen molar-refractivity contribution in [2.75, 3.05) is 31.1 Å². The van der Waals surface area contributed by atoms with Crippen LogP contribution in [-0.4, -0.2) is 46.0 Å². The number of pyridine rings is 1. The molecule has 3 heterocycles. The quantitative estimate of drug-likeness (QED) is 0.792. The zero-order chi connectivity index (χ0) is 18.0. The number of rotatable bonds is 3. The van der Waals surface area contributed by atoms with E-state index in [2.05, 4.69) is 15.0 Å². The summed E-state index contributed by atoms with van der Waals surface area (Å²) in [5, 5.41) is 0. The second-order valence-electron chi connectivity index (χ2n) is 5.87. The molecule has 0 bridgehead atoms. The lowest BCUT2D eigenvalue weighted by Gasteiger charge is -2.35. The highest BCUT2D eigenvalue weighted by molar-refractivity contribution is 5.41. The van der Waals surface area contributed by atoms with Gasteiger partial charge in [0.15, 0.2) is 11.6 Å². The van der Waals surface area contributed by atoms with Crippen LogP contribution in [0.5, 0.6) is 0 Å². The minimum absolute atomic E-state index is 0.146. The van der Waals surface area contributed by atoms with E-state index in [9.17, 15) is 17.6 Å². The maximum Gasteiger partial charge on any atom is 0.433 e. The first kappa shape index (κ1) is 17.5. The van der Waals surface area contributed by atoms with E-state index in [-0.39, 0.29) is 23.6 Å². The zero-order valence-corrected chi connectivity index (χ0v) is 13.6. The lowest BCUT2D eigenvalue weighted by molar-refractivity contribution is -0.142. The highest BCUT2D eigenvalue weighted by Crippen LogP contribution is 2.30. The monoisotopic (exact) mass is 355 g/mol. The number of aryl methyl sites for hydroxylation is 1. The maximum absolute atomic E-state index is 14.1. The van der Waals surface area contributed by atoms with Crippen molar-refractivity contribution in [1.29, 1.82) is 0 Å². The second kappa shape index (κ2) is 6.91. The van der Waals surface area contributed by atoms with E-state index in [1.807, 2.05) is 4.90 Å². The van der Waals surface area contributed by atoms with Crippen LogP contribution in [0, 0.1) is 12.7 Å². The fourth-order valence-corrected chi connectivity index (χ4v) is 2.85. The van der Waals surface area contributed by atoms with Crippen molar-refractivity contribution in [2.24, 2.45) is 0 Å². The summed E-state index contributed by atoms with van der Waals surface area (Å²) >= 11 is 0. The fraction of sp³-hybridized carbons (Fsp3) is 0.438. The summed E-state index contributed by atoms with van der Waals surface area (Å²) in [6, 6.07) is 2.94. The highest BCUT2D eigenvalue weighted by atomic mass is 19.4. The Hall–Kier alpha value is -2.29. The number of alkyl halides is 3. The summed E-state index contributed by atoms with van der Waals surface area (Å²) in [5.74, 6) is -0.216. The van der Waals surface area contributed by atoms with Gasteiger partial charge in [-0.05, 0) is 18.6 Å². The maximum atomic E-state index is 14.1. The van der Waals surface area contributed by atoms with Crippen LogP contribution in [0.25, 0.3) is 0 Å². The van der Waals surface area contributed by atoms with Crippen LogP contribution in [0.2, 0.25) is 0 Å². The number of anilines is 1. The Morgan fingerprint density at radius 3 is 2.48 bits per heavy atom. The Morgan fingerprint density at radius 1 is 1.08 bits per heavy atom. The van der Waals surface area contributed by atoms with E-state index < -0.39 is 17.7 Å². The van der Waals surface area contributed by atoms with Crippen molar-refractivity contribution in [1.82, 2.24) is 19.9 Å². The summed E-state index contributed by atoms with van der Waals surface area (Å²) in [6.45, 7) is 3.70. The summed E-state index contributed by atoms with van der Waals surface area (Å²) in [5.41, 5.74) is -0.431. The molecule has 0 spiro atoms. The summed E-state index contributed by atoms with van der Waals surface area (Å²) in [7, 11) is 0. The van der Waals surface area contributed by atoms with Gasteiger partial charge in [0.1, 0.15) is 12.0 Å². The van der Waals surface area contributed by atoms with Gasteiger partial charge in [-0.3, -0.25) is 9.88 Å². The van der Waals surface area contributed by atoms with Gasteiger partial charge in [0.2, 0.25) is 0 Å². The van der Waals surface area contributed by atoms with Crippen molar-refractivity contribution < 1.29 is 17.6 Å². The third kappa shape index (κ3) is 3.87. The topological polar surface area (TPSA) is 45.2 Å². The smallest absolute Gasteiger partial charge is 0.352 e. The van der Waals surface area contributed by atoms with Gasteiger partial charge >= 0.3 is 6.18 Å². The third-order valence-electron chi connectivity index (χ3n) is 4.17. The molecule has 3 rings (SSSR count). The molecule has 2 aromatic heterocycles. The molecule has 0 amide bonds. The molecule has 0 unspecified atom stereocenters. The lowest BCUT2D eigenvalue weighted by atomic mass is 10.1. The van der Waals surface area contributed by atoms with Gasteiger partial charge < -0.3 is 4.90 Å². The fourth-order valence-electron chi connectivity index (χ4n) is 2.85. The van der Waals surface area contributed by atoms with Crippen LogP contribution in [0.3, 0.4) is 0 Å². The molecule has 2 aromatic rings. The molecule has 25 heavy (non-hydrogen) atoms. The summed E-state index contributed by atoms with van der Waals surface area (Å²) in [4.78, 5) is 14.9. The van der Waals surface area contributed by atoms with Gasteiger partial charge in [-0.25, -0.2) is 14.4 Å². The van der Waals surface area contributed by atoms with E-state index in [0.29, 0.717) is 26.2 Å². The van der Waals surface area contributed by atoms with Gasteiger partial charge in [-0.2, -0.15) is 13.2 Å². The molecule has 0 radical (unpaired) electrons. The molecule has 9 heteroatoms. The number of halogens is 4. The van der Waals surface area contributed by atoms with Crippen LogP contribution in [0.1, 0.15) is 17.0 Å². The molecule has 1 aliphatic rings. The summed E-state index contributed by atoms with van der Waals surface area (Å²) in [6.07, 6.45) is -2.02. The highest BCUT2D eigenvalue weighted by Gasteiger charge is 2.35. The predicted octanol–water partition coefficient (Wildman–Crippen LogP) is 2.66. The van der Waals surface area contributed by atoms with Gasteiger partial charge in [-0.15, -0.1) is 0 Å². The van der Waals surface area contributed by atoms with Gasteiger partial charge in [0.25, 0.3) is 0 Å². The minimum Gasteiger partial charge on any atom is -0.352 e. The van der Waals surface area contributed by atoms with E-state index >= 15 is 0 Å². The number of piperazine rings is 1. The zero-order valence-electron chi connectivity index (χ0n) is 13.6. The lowest BCUT2D eigenvalue weighted by Crippen LogP contribution is -2.46. The molecular formula is C16H17F4N5. The molecule has 1 aliphatic heterocycles. The van der Waals surface area contributed by atoms with E-state index in [1.54, 1.807) is 11.8 Å². The first-order valence-electron chi connectivity index (χ1n) is 7.81. The number of aromatic nitrogens is 3. The van der Waals surface area contributed by atoms with Gasteiger partial charge in [0, 0.05) is 38.9 Å². The molecule has 0 atom stereocenters. The average Bonchev–Trinajstić information content (AvgIpc) is 2.58. The van der Waals surface area contributed by atoms with Crippen molar-refractivity contribution in [3.05, 3.63) is 47.4 Å². The van der Waals surface area contributed by atoms with Crippen molar-refractivity contribution in [2.45, 2.75) is 19.6 Å². The molecule has 5 nitrogen and oxygen atoms in total. The Bertz CT molecular complexity index is 742. The van der Waals surface area contributed by atoms with Gasteiger partial charge in [0.05, 0.1) is 5.69 Å². The van der Waals surface area contributed by atoms with Crippen LogP contribution in [0.4, 0.5) is 23.4 Å². The first-order valence-corrected chi connectivity index (χ1v) is 7.81. The molecule has 0 aliphatic carbocycles. The first-order chi connectivity index (χ1) is 11.9. The second-order valence-corrected chi connectivity index (χ2v) is 5.87. The van der Waals surface area contributed by atoms with E-state index in [1.165, 1.54) is 18.5 Å². The molecule has 0 saturated carbocycles. The predicted molar refractivity (Wildman–Crippen MR) is 83.5 cm³/mol. The van der Waals surface area contributed by atoms with E-state index in [4.69, 9.17) is 0 Å². The Kier molecular flexibility index (Phi) is 4.85. The molecule has 1 fully saturated rings. The van der Waals surface area contributed by atoms with Crippen LogP contribution in [-0.2, 0) is 12.7 Å². The molecule has 1 saturated heterocycles. The average molecular weight is 355 g/mol. The summed E-state index contributed by atoms with van der Waals surface area (Å²) < 4.78 is 53.2. The molecular weight excluding hydrogens is 338 g/mol. The van der Waals surface area contributed by atoms with Crippen molar-refractivity contribution >= 4 is 5.82 Å². The molecule has 134 valence electrons. The molecule has 0 N–H and O–H groups in total. The SMILES string of the molecule is Cc1ncnc(N2CCN(Cc3cccnc3C(F)(F)F)CC2)c1F. The largest absolute Gasteiger partial charge is 0.433 e. The molecule has 0 aromatic carbocycles. The number of hydrogen-bond acceptors (Lipinski definition) is 5. The van der Waals surface area contributed by atoms with Crippen molar-refractivity contribution in [3.63, 3.8) is 0 Å². The Balaban J connectivity index is 1.67. The Morgan fingerprint density at radius 2 is 1.80 bits per heavy atom. The number of nitrogens with zero attached hydrogens (tertiary/aromatic N) is 5. The Labute approximate surface area is 142 Å². The van der Waals surface area contributed by atoms with Crippen molar-refractivity contribution in [3.8, 4) is 0 Å². The van der Waals surface area contributed by atoms with E-state index in [0.717, 1.165) is 6.20 Å². The normalized spacial score (nSPS) is 16.3. The number of hydrogen-bond donors (Lipinski definition) is 0. The van der Waals surface area contributed by atoms with Gasteiger partial charge in [-0.1, -0.05) is 6.07 Å². The minimum atomic E-state index is -4.47. The standard InChI is InChI=1S/C16H17F4N5/c1-11-13(17)15(23-10-22-11)25-7-5-24(6-8-25)9-12-3-2-4-21-14(12)16(18,19)20/h2-4,10H,5-9H2,1H3. The third-order valence-corrected chi connectivity index (χ3v) is 4.17. The van der Waals surface area contributed by atoms with Crippen LogP contribution in [0.15, 0.2) is 24.7 Å².